The molecule has 18 heavy (non-hydrogen) atoms. The van der Waals surface area contributed by atoms with Crippen molar-refractivity contribution in [1.82, 2.24) is 10.4 Å². The van der Waals surface area contributed by atoms with Crippen LogP contribution in [0.2, 0.25) is 0 Å². The zero-order chi connectivity index (χ0) is 13.0. The van der Waals surface area contributed by atoms with Crippen molar-refractivity contribution in [3.05, 3.63) is 50.9 Å². The number of amides is 1. The van der Waals surface area contributed by atoms with Crippen molar-refractivity contribution in [3.63, 3.8) is 0 Å². The number of hydrogen-bond acceptors (Lipinski definition) is 4. The highest BCUT2D eigenvalue weighted by molar-refractivity contribution is 9.11. The second-order valence-corrected chi connectivity index (χ2v) is 5.95. The summed E-state index contributed by atoms with van der Waals surface area (Å²) in [7, 11) is 0. The summed E-state index contributed by atoms with van der Waals surface area (Å²) in [4.78, 5) is 16.6. The fourth-order valence-corrected chi connectivity index (χ4v) is 2.59. The third-order valence-electron chi connectivity index (χ3n) is 2.18. The van der Waals surface area contributed by atoms with E-state index in [1.165, 1.54) is 6.20 Å². The molecule has 0 bridgehead atoms. The number of carbonyl (C=O) groups is 1. The predicted octanol–water partition coefficient (Wildman–Crippen LogP) is 3.06. The smallest absolute Gasteiger partial charge is 0.267 e. The summed E-state index contributed by atoms with van der Waals surface area (Å²) in [6, 6.07) is 7.29. The van der Waals surface area contributed by atoms with Crippen molar-refractivity contribution in [1.29, 1.82) is 0 Å². The third-order valence-corrected chi connectivity index (χ3v) is 3.91. The van der Waals surface area contributed by atoms with Crippen LogP contribution in [0.15, 0.2) is 45.5 Å². The first-order chi connectivity index (χ1) is 8.66. The molecule has 2 rings (SSSR count). The zero-order valence-corrected chi connectivity index (χ0v) is 12.0. The summed E-state index contributed by atoms with van der Waals surface area (Å²) in [6.45, 7) is 1.85. The molecule has 0 aliphatic rings. The van der Waals surface area contributed by atoms with E-state index in [9.17, 15) is 4.79 Å². The summed E-state index contributed by atoms with van der Waals surface area (Å²) >= 11 is 4.95. The van der Waals surface area contributed by atoms with E-state index in [1.807, 2.05) is 19.1 Å². The zero-order valence-electron chi connectivity index (χ0n) is 9.55. The van der Waals surface area contributed by atoms with Gasteiger partial charge in [-0.2, -0.15) is 5.10 Å². The third kappa shape index (κ3) is 3.24. The van der Waals surface area contributed by atoms with Crippen LogP contribution in [0.5, 0.6) is 0 Å². The second kappa shape index (κ2) is 5.88. The summed E-state index contributed by atoms with van der Waals surface area (Å²) in [6.07, 6.45) is 3.12. The van der Waals surface area contributed by atoms with E-state index in [0.717, 1.165) is 14.4 Å². The fourth-order valence-electron chi connectivity index (χ4n) is 1.26. The molecule has 0 aliphatic carbocycles. The number of halogens is 1. The lowest BCUT2D eigenvalue weighted by Gasteiger charge is -2.00. The number of hydrogen-bond donors (Lipinski definition) is 1. The van der Waals surface area contributed by atoms with E-state index in [-0.39, 0.29) is 5.91 Å². The molecule has 1 amide bonds. The van der Waals surface area contributed by atoms with Crippen LogP contribution in [0.25, 0.3) is 0 Å². The number of rotatable bonds is 3. The van der Waals surface area contributed by atoms with Gasteiger partial charge in [0.15, 0.2) is 0 Å². The molecule has 1 N–H and O–H groups in total. The Kier molecular flexibility index (Phi) is 4.22. The topological polar surface area (TPSA) is 54.4 Å². The maximum atomic E-state index is 11.7. The van der Waals surface area contributed by atoms with Crippen LogP contribution in [0.3, 0.4) is 0 Å². The molecular formula is C12H10BrN3OS. The molecule has 0 aliphatic heterocycles. The number of carbonyl (C=O) groups excluding carboxylic acids is 1. The average molecular weight is 324 g/mol. The molecule has 2 aromatic heterocycles. The first-order valence-corrected chi connectivity index (χ1v) is 6.78. The molecule has 0 unspecified atom stereocenters. The summed E-state index contributed by atoms with van der Waals surface area (Å²) in [5, 5.41) is 4.06. The Morgan fingerprint density at radius 1 is 1.44 bits per heavy atom. The fraction of sp³-hybridized carbons (Fsp3) is 0.0833. The van der Waals surface area contributed by atoms with Crippen LogP contribution in [-0.2, 0) is 0 Å². The van der Waals surface area contributed by atoms with E-state index in [2.05, 4.69) is 31.4 Å². The highest BCUT2D eigenvalue weighted by Crippen LogP contribution is 2.22. The highest BCUT2D eigenvalue weighted by Gasteiger charge is 2.05. The molecule has 0 atom stereocenters. The normalized spacial score (nSPS) is 11.3. The average Bonchev–Trinajstić information content (AvgIpc) is 2.83. The number of aromatic nitrogens is 1. The van der Waals surface area contributed by atoms with Gasteiger partial charge in [-0.1, -0.05) is 0 Å². The monoisotopic (exact) mass is 323 g/mol. The van der Waals surface area contributed by atoms with Gasteiger partial charge in [0.2, 0.25) is 0 Å². The van der Waals surface area contributed by atoms with Gasteiger partial charge in [0.1, 0.15) is 0 Å². The van der Waals surface area contributed by atoms with E-state index >= 15 is 0 Å². The molecule has 0 aromatic carbocycles. The number of thiophene rings is 1. The summed E-state index contributed by atoms with van der Waals surface area (Å²) < 4.78 is 1.03. The van der Waals surface area contributed by atoms with Gasteiger partial charge in [-0.05, 0) is 47.1 Å². The standard InChI is InChI=1S/C12H10BrN3OS/c1-8(10-4-5-11(13)18-10)15-16-12(17)9-3-2-6-14-7-9/h2-7H,1H3,(H,16,17). The van der Waals surface area contributed by atoms with E-state index in [1.54, 1.807) is 29.7 Å². The largest absolute Gasteiger partial charge is 0.272 e. The Labute approximate surface area is 117 Å². The molecular weight excluding hydrogens is 314 g/mol. The minimum atomic E-state index is -0.266. The van der Waals surface area contributed by atoms with Crippen molar-refractivity contribution in [2.75, 3.05) is 0 Å². The molecule has 0 radical (unpaired) electrons. The molecule has 2 heterocycles. The van der Waals surface area contributed by atoms with E-state index < -0.39 is 0 Å². The SMILES string of the molecule is CC(=NNC(=O)c1cccnc1)c1ccc(Br)s1. The van der Waals surface area contributed by atoms with Crippen molar-refractivity contribution in [3.8, 4) is 0 Å². The van der Waals surface area contributed by atoms with Gasteiger partial charge in [0.25, 0.3) is 5.91 Å². The van der Waals surface area contributed by atoms with Crippen molar-refractivity contribution in [2.45, 2.75) is 6.92 Å². The van der Waals surface area contributed by atoms with Crippen molar-refractivity contribution < 1.29 is 4.79 Å². The number of pyridine rings is 1. The molecule has 2 aromatic rings. The Bertz CT molecular complexity index is 580. The van der Waals surface area contributed by atoms with Gasteiger partial charge in [0.05, 0.1) is 19.9 Å². The number of nitrogens with one attached hydrogen (secondary N) is 1. The Balaban J connectivity index is 2.05. The predicted molar refractivity (Wildman–Crippen MR) is 75.9 cm³/mol. The van der Waals surface area contributed by atoms with Gasteiger partial charge < -0.3 is 0 Å². The first kappa shape index (κ1) is 12.9. The lowest BCUT2D eigenvalue weighted by molar-refractivity contribution is 0.0954. The Morgan fingerprint density at radius 2 is 2.28 bits per heavy atom. The Hall–Kier alpha value is -1.53. The highest BCUT2D eigenvalue weighted by atomic mass is 79.9. The quantitative estimate of drug-likeness (QED) is 0.697. The lowest BCUT2D eigenvalue weighted by atomic mass is 10.3. The van der Waals surface area contributed by atoms with Crippen LogP contribution < -0.4 is 5.43 Å². The van der Waals surface area contributed by atoms with Gasteiger partial charge in [-0.25, -0.2) is 5.43 Å². The van der Waals surface area contributed by atoms with Crippen LogP contribution in [-0.4, -0.2) is 16.6 Å². The number of nitrogens with zero attached hydrogens (tertiary/aromatic N) is 2. The number of hydrazone groups is 1. The first-order valence-electron chi connectivity index (χ1n) is 5.17. The minimum absolute atomic E-state index is 0.266. The maximum Gasteiger partial charge on any atom is 0.272 e. The molecule has 0 spiro atoms. The van der Waals surface area contributed by atoms with Crippen LogP contribution in [0, 0.1) is 0 Å². The van der Waals surface area contributed by atoms with Crippen LogP contribution >= 0.6 is 27.3 Å². The van der Waals surface area contributed by atoms with E-state index in [4.69, 9.17) is 0 Å². The Morgan fingerprint density at radius 3 is 2.89 bits per heavy atom. The summed E-state index contributed by atoms with van der Waals surface area (Å²) in [5.74, 6) is -0.266. The molecule has 4 nitrogen and oxygen atoms in total. The van der Waals surface area contributed by atoms with Crippen LogP contribution in [0.1, 0.15) is 22.2 Å². The van der Waals surface area contributed by atoms with Gasteiger partial charge in [0, 0.05) is 12.4 Å². The summed E-state index contributed by atoms with van der Waals surface area (Å²) in [5.41, 5.74) is 3.76. The molecule has 6 heteroatoms. The van der Waals surface area contributed by atoms with Crippen LogP contribution in [0.4, 0.5) is 0 Å². The van der Waals surface area contributed by atoms with Crippen molar-refractivity contribution >= 4 is 38.9 Å². The molecule has 0 saturated carbocycles. The molecule has 92 valence electrons. The minimum Gasteiger partial charge on any atom is -0.267 e. The van der Waals surface area contributed by atoms with E-state index in [0.29, 0.717) is 5.56 Å². The second-order valence-electron chi connectivity index (χ2n) is 3.48. The van der Waals surface area contributed by atoms with Gasteiger partial charge >= 0.3 is 0 Å². The van der Waals surface area contributed by atoms with Crippen molar-refractivity contribution in [2.24, 2.45) is 5.10 Å². The lowest BCUT2D eigenvalue weighted by Crippen LogP contribution is -2.19. The van der Waals surface area contributed by atoms with Gasteiger partial charge in [-0.3, -0.25) is 9.78 Å². The van der Waals surface area contributed by atoms with Gasteiger partial charge in [-0.15, -0.1) is 11.3 Å². The molecule has 0 saturated heterocycles. The molecule has 0 fully saturated rings. The maximum absolute atomic E-state index is 11.7.